The van der Waals surface area contributed by atoms with Crippen molar-refractivity contribution in [1.29, 1.82) is 0 Å². The zero-order valence-corrected chi connectivity index (χ0v) is 9.80. The fourth-order valence-electron chi connectivity index (χ4n) is 1.31. The van der Waals surface area contributed by atoms with Gasteiger partial charge in [-0.25, -0.2) is 4.79 Å². The van der Waals surface area contributed by atoms with E-state index in [1.807, 2.05) is 30.3 Å². The quantitative estimate of drug-likeness (QED) is 0.808. The van der Waals surface area contributed by atoms with Crippen LogP contribution in [0.25, 0.3) is 0 Å². The van der Waals surface area contributed by atoms with Crippen LogP contribution in [-0.2, 0) is 14.3 Å². The maximum Gasteiger partial charge on any atom is 0.407 e. The van der Waals surface area contributed by atoms with Crippen molar-refractivity contribution in [3.05, 3.63) is 35.9 Å². The number of hydrogen-bond acceptors (Lipinski definition) is 4. The van der Waals surface area contributed by atoms with Crippen LogP contribution in [0.1, 0.15) is 18.5 Å². The minimum atomic E-state index is -0.564. The number of carbonyl (C=O) groups is 2. The third-order valence-corrected chi connectivity index (χ3v) is 2.13. The number of rotatable bonds is 4. The summed E-state index contributed by atoms with van der Waals surface area (Å²) in [5.41, 5.74) is 0.846. The smallest absolute Gasteiger partial charge is 0.407 e. The van der Waals surface area contributed by atoms with Gasteiger partial charge in [-0.1, -0.05) is 30.3 Å². The molecule has 1 aromatic rings. The van der Waals surface area contributed by atoms with Crippen LogP contribution in [-0.4, -0.2) is 25.8 Å². The number of benzene rings is 1. The minimum Gasteiger partial charge on any atom is -0.463 e. The van der Waals surface area contributed by atoms with E-state index in [1.54, 1.807) is 0 Å². The number of amides is 1. The molecule has 0 aromatic heterocycles. The lowest BCUT2D eigenvalue weighted by Gasteiger charge is -2.17. The van der Waals surface area contributed by atoms with Gasteiger partial charge in [-0.05, 0) is 5.56 Å². The topological polar surface area (TPSA) is 64.6 Å². The monoisotopic (exact) mass is 237 g/mol. The first-order chi connectivity index (χ1) is 8.13. The van der Waals surface area contributed by atoms with E-state index in [0.717, 1.165) is 5.56 Å². The zero-order valence-electron chi connectivity index (χ0n) is 9.80. The molecule has 0 saturated carbocycles. The lowest BCUT2D eigenvalue weighted by atomic mass is 10.1. The van der Waals surface area contributed by atoms with Crippen molar-refractivity contribution in [2.75, 3.05) is 13.7 Å². The van der Waals surface area contributed by atoms with Crippen LogP contribution < -0.4 is 5.32 Å². The van der Waals surface area contributed by atoms with Gasteiger partial charge in [-0.3, -0.25) is 4.79 Å². The standard InChI is InChI=1S/C12H15NO4/c1-9(14)17-8-11(13-12(15)16-2)10-6-4-3-5-7-10/h3-7,11H,8H2,1-2H3,(H,13,15)/t11-/m1/s1. The van der Waals surface area contributed by atoms with Crippen LogP contribution >= 0.6 is 0 Å². The molecule has 0 aliphatic rings. The molecule has 0 radical (unpaired) electrons. The number of ether oxygens (including phenoxy) is 2. The lowest BCUT2D eigenvalue weighted by Crippen LogP contribution is -2.31. The Bertz CT molecular complexity index is 377. The number of esters is 1. The highest BCUT2D eigenvalue weighted by atomic mass is 16.5. The molecule has 1 aromatic carbocycles. The summed E-state index contributed by atoms with van der Waals surface area (Å²) in [6, 6.07) is 8.82. The average molecular weight is 237 g/mol. The summed E-state index contributed by atoms with van der Waals surface area (Å²) in [6.45, 7) is 1.40. The molecular formula is C12H15NO4. The van der Waals surface area contributed by atoms with E-state index in [2.05, 4.69) is 10.1 Å². The van der Waals surface area contributed by atoms with E-state index in [4.69, 9.17) is 4.74 Å². The molecule has 0 unspecified atom stereocenters. The highest BCUT2D eigenvalue weighted by Crippen LogP contribution is 2.13. The molecule has 0 fully saturated rings. The maximum atomic E-state index is 11.2. The van der Waals surface area contributed by atoms with Crippen LogP contribution in [0.5, 0.6) is 0 Å². The van der Waals surface area contributed by atoms with E-state index in [-0.39, 0.29) is 6.61 Å². The fourth-order valence-corrected chi connectivity index (χ4v) is 1.31. The Kier molecular flexibility index (Phi) is 5.00. The molecule has 1 rings (SSSR count). The number of carbonyl (C=O) groups excluding carboxylic acids is 2. The molecule has 1 amide bonds. The number of nitrogens with one attached hydrogen (secondary N) is 1. The Balaban J connectivity index is 2.71. The van der Waals surface area contributed by atoms with Crippen molar-refractivity contribution < 1.29 is 19.1 Å². The second-order valence-corrected chi connectivity index (χ2v) is 3.40. The van der Waals surface area contributed by atoms with Gasteiger partial charge in [0.15, 0.2) is 0 Å². The van der Waals surface area contributed by atoms with Gasteiger partial charge in [0.25, 0.3) is 0 Å². The van der Waals surface area contributed by atoms with E-state index in [1.165, 1.54) is 14.0 Å². The summed E-state index contributed by atoms with van der Waals surface area (Å²) < 4.78 is 9.41. The fraction of sp³-hybridized carbons (Fsp3) is 0.333. The first kappa shape index (κ1) is 13.0. The summed E-state index contributed by atoms with van der Waals surface area (Å²) in [5.74, 6) is -0.391. The average Bonchev–Trinajstić information content (AvgIpc) is 2.35. The van der Waals surface area contributed by atoms with E-state index in [9.17, 15) is 9.59 Å². The molecule has 1 atom stereocenters. The van der Waals surface area contributed by atoms with Crippen LogP contribution in [0.2, 0.25) is 0 Å². The Morgan fingerprint density at radius 2 is 1.94 bits per heavy atom. The van der Waals surface area contributed by atoms with Gasteiger partial charge in [0, 0.05) is 6.92 Å². The van der Waals surface area contributed by atoms with Crippen LogP contribution in [0.15, 0.2) is 30.3 Å². The Hall–Kier alpha value is -2.04. The molecule has 0 saturated heterocycles. The normalized spacial score (nSPS) is 11.4. The first-order valence-electron chi connectivity index (χ1n) is 5.16. The van der Waals surface area contributed by atoms with Crippen molar-refractivity contribution in [2.45, 2.75) is 13.0 Å². The zero-order chi connectivity index (χ0) is 12.7. The van der Waals surface area contributed by atoms with E-state index < -0.39 is 18.1 Å². The molecule has 0 aliphatic carbocycles. The molecule has 1 N–H and O–H groups in total. The van der Waals surface area contributed by atoms with Gasteiger partial charge in [-0.15, -0.1) is 0 Å². The van der Waals surface area contributed by atoms with Gasteiger partial charge < -0.3 is 14.8 Å². The third kappa shape index (κ3) is 4.55. The SMILES string of the molecule is COC(=O)N[C@H](COC(C)=O)c1ccccc1. The Morgan fingerprint density at radius 3 is 2.47 bits per heavy atom. The predicted octanol–water partition coefficient (Wildman–Crippen LogP) is 1.65. The number of methoxy groups -OCH3 is 1. The highest BCUT2D eigenvalue weighted by molar-refractivity contribution is 5.68. The van der Waals surface area contributed by atoms with Crippen molar-refractivity contribution in [1.82, 2.24) is 5.32 Å². The largest absolute Gasteiger partial charge is 0.463 e. The number of hydrogen-bond donors (Lipinski definition) is 1. The van der Waals surface area contributed by atoms with Gasteiger partial charge in [0.1, 0.15) is 6.61 Å². The second kappa shape index (κ2) is 6.52. The van der Waals surface area contributed by atoms with Crippen LogP contribution in [0, 0.1) is 0 Å². The van der Waals surface area contributed by atoms with Crippen molar-refractivity contribution in [3.8, 4) is 0 Å². The summed E-state index contributed by atoms with van der Waals surface area (Å²) in [6.07, 6.45) is -0.564. The van der Waals surface area contributed by atoms with Gasteiger partial charge in [-0.2, -0.15) is 0 Å². The van der Waals surface area contributed by atoms with Gasteiger partial charge >= 0.3 is 12.1 Å². The molecule has 5 nitrogen and oxygen atoms in total. The summed E-state index contributed by atoms with van der Waals surface area (Å²) in [5, 5.41) is 2.60. The molecule has 5 heteroatoms. The first-order valence-corrected chi connectivity index (χ1v) is 5.16. The summed E-state index contributed by atoms with van der Waals surface area (Å²) in [4.78, 5) is 21.9. The Labute approximate surface area is 99.7 Å². The molecule has 92 valence electrons. The molecule has 17 heavy (non-hydrogen) atoms. The molecule has 0 bridgehead atoms. The van der Waals surface area contributed by atoms with Crippen LogP contribution in [0.4, 0.5) is 4.79 Å². The molecule has 0 spiro atoms. The third-order valence-electron chi connectivity index (χ3n) is 2.13. The van der Waals surface area contributed by atoms with Crippen molar-refractivity contribution >= 4 is 12.1 Å². The van der Waals surface area contributed by atoms with E-state index >= 15 is 0 Å². The molecule has 0 aliphatic heterocycles. The molecule has 0 heterocycles. The van der Waals surface area contributed by atoms with Crippen LogP contribution in [0.3, 0.4) is 0 Å². The van der Waals surface area contributed by atoms with Gasteiger partial charge in [0.2, 0.25) is 0 Å². The second-order valence-electron chi connectivity index (χ2n) is 3.40. The maximum absolute atomic E-state index is 11.2. The highest BCUT2D eigenvalue weighted by Gasteiger charge is 2.15. The predicted molar refractivity (Wildman–Crippen MR) is 61.4 cm³/mol. The number of alkyl carbamates (subject to hydrolysis) is 1. The van der Waals surface area contributed by atoms with E-state index in [0.29, 0.717) is 0 Å². The Morgan fingerprint density at radius 1 is 1.29 bits per heavy atom. The molecular weight excluding hydrogens is 222 g/mol. The van der Waals surface area contributed by atoms with Gasteiger partial charge in [0.05, 0.1) is 13.2 Å². The van der Waals surface area contributed by atoms with Crippen molar-refractivity contribution in [3.63, 3.8) is 0 Å². The van der Waals surface area contributed by atoms with Crippen molar-refractivity contribution in [2.24, 2.45) is 0 Å². The summed E-state index contributed by atoms with van der Waals surface area (Å²) >= 11 is 0. The lowest BCUT2D eigenvalue weighted by molar-refractivity contribution is -0.141. The summed E-state index contributed by atoms with van der Waals surface area (Å²) in [7, 11) is 1.28. The minimum absolute atomic E-state index is 0.0778.